The van der Waals surface area contributed by atoms with Crippen LogP contribution in [-0.2, 0) is 0 Å². The molecule has 1 heterocycles. The Balaban J connectivity index is 2.19. The molecule has 3 heteroatoms. The molecule has 0 N–H and O–H groups in total. The zero-order chi connectivity index (χ0) is 13.6. The molecule has 1 atom stereocenters. The molecular weight excluding hydrogens is 241 g/mol. The van der Waals surface area contributed by atoms with Gasteiger partial charge in [0, 0.05) is 22.6 Å². The Hall–Kier alpha value is -2.03. The highest BCUT2D eigenvalue weighted by Crippen LogP contribution is 2.49. The van der Waals surface area contributed by atoms with Crippen molar-refractivity contribution < 1.29 is 9.18 Å². The zero-order valence-corrected chi connectivity index (χ0v) is 10.9. The number of hydrogen-bond acceptors (Lipinski definition) is 2. The van der Waals surface area contributed by atoms with Crippen molar-refractivity contribution in [2.45, 2.75) is 19.8 Å². The van der Waals surface area contributed by atoms with Crippen molar-refractivity contribution in [3.05, 3.63) is 65.2 Å². The molecule has 1 aliphatic carbocycles. The SMILES string of the molecule is CC1(C)C(=O)c2ccccc2C1c1ccc(F)cn1. The summed E-state index contributed by atoms with van der Waals surface area (Å²) in [6, 6.07) is 10.7. The molecule has 0 bridgehead atoms. The molecule has 0 spiro atoms. The number of nitrogens with zero attached hydrogens (tertiary/aromatic N) is 1. The van der Waals surface area contributed by atoms with Crippen molar-refractivity contribution in [2.75, 3.05) is 0 Å². The molecule has 96 valence electrons. The fraction of sp³-hybridized carbons (Fsp3) is 0.250. The second kappa shape index (κ2) is 3.98. The summed E-state index contributed by atoms with van der Waals surface area (Å²) in [4.78, 5) is 16.6. The van der Waals surface area contributed by atoms with E-state index in [1.165, 1.54) is 12.3 Å². The third-order valence-electron chi connectivity index (χ3n) is 3.87. The molecule has 0 aliphatic heterocycles. The summed E-state index contributed by atoms with van der Waals surface area (Å²) in [5, 5.41) is 0. The van der Waals surface area contributed by atoms with Crippen LogP contribution in [0.5, 0.6) is 0 Å². The standard InChI is InChI=1S/C16H14FNO/c1-16(2)14(13-8-7-10(17)9-18-13)11-5-3-4-6-12(11)15(16)19/h3-9,14H,1-2H3. The summed E-state index contributed by atoms with van der Waals surface area (Å²) in [5.74, 6) is -0.352. The van der Waals surface area contributed by atoms with E-state index in [9.17, 15) is 9.18 Å². The second-order valence-corrected chi connectivity index (χ2v) is 5.47. The normalized spacial score (nSPS) is 20.4. The van der Waals surface area contributed by atoms with E-state index >= 15 is 0 Å². The van der Waals surface area contributed by atoms with Crippen molar-refractivity contribution in [1.82, 2.24) is 4.98 Å². The predicted molar refractivity (Wildman–Crippen MR) is 70.6 cm³/mol. The molecule has 0 saturated carbocycles. The number of carbonyl (C=O) groups excluding carboxylic acids is 1. The first-order valence-electron chi connectivity index (χ1n) is 6.27. The topological polar surface area (TPSA) is 30.0 Å². The lowest BCUT2D eigenvalue weighted by atomic mass is 9.77. The van der Waals surface area contributed by atoms with Crippen LogP contribution in [0.3, 0.4) is 0 Å². The monoisotopic (exact) mass is 255 g/mol. The van der Waals surface area contributed by atoms with Gasteiger partial charge < -0.3 is 0 Å². The van der Waals surface area contributed by atoms with Gasteiger partial charge in [-0.05, 0) is 17.7 Å². The van der Waals surface area contributed by atoms with Gasteiger partial charge in [-0.3, -0.25) is 9.78 Å². The fourth-order valence-corrected chi connectivity index (χ4v) is 2.91. The number of pyridine rings is 1. The van der Waals surface area contributed by atoms with Crippen molar-refractivity contribution in [1.29, 1.82) is 0 Å². The summed E-state index contributed by atoms with van der Waals surface area (Å²) in [5.41, 5.74) is 1.93. The molecule has 1 aliphatic rings. The number of rotatable bonds is 1. The van der Waals surface area contributed by atoms with E-state index in [1.54, 1.807) is 6.07 Å². The van der Waals surface area contributed by atoms with Crippen LogP contribution in [0.4, 0.5) is 4.39 Å². The van der Waals surface area contributed by atoms with Crippen molar-refractivity contribution in [3.8, 4) is 0 Å². The zero-order valence-electron chi connectivity index (χ0n) is 10.9. The first-order chi connectivity index (χ1) is 9.01. The van der Waals surface area contributed by atoms with Crippen LogP contribution >= 0.6 is 0 Å². The summed E-state index contributed by atoms with van der Waals surface area (Å²) in [6.45, 7) is 3.84. The minimum absolute atomic E-state index is 0.114. The van der Waals surface area contributed by atoms with Crippen molar-refractivity contribution in [3.63, 3.8) is 0 Å². The summed E-state index contributed by atoms with van der Waals surface area (Å²) in [7, 11) is 0. The maximum Gasteiger partial charge on any atom is 0.169 e. The lowest BCUT2D eigenvalue weighted by Gasteiger charge is -2.25. The largest absolute Gasteiger partial charge is 0.294 e. The molecule has 0 fully saturated rings. The first-order valence-corrected chi connectivity index (χ1v) is 6.27. The smallest absolute Gasteiger partial charge is 0.169 e. The molecule has 2 nitrogen and oxygen atoms in total. The van der Waals surface area contributed by atoms with Crippen LogP contribution in [0, 0.1) is 11.2 Å². The number of benzene rings is 1. The van der Waals surface area contributed by atoms with Crippen LogP contribution in [0.25, 0.3) is 0 Å². The Kier molecular flexibility index (Phi) is 2.52. The second-order valence-electron chi connectivity index (χ2n) is 5.47. The van der Waals surface area contributed by atoms with Gasteiger partial charge in [0.25, 0.3) is 0 Å². The van der Waals surface area contributed by atoms with Gasteiger partial charge in [-0.1, -0.05) is 38.1 Å². The molecule has 1 aromatic heterocycles. The molecule has 1 unspecified atom stereocenters. The maximum atomic E-state index is 13.0. The van der Waals surface area contributed by atoms with Gasteiger partial charge in [0.05, 0.1) is 6.20 Å². The average molecular weight is 255 g/mol. The Morgan fingerprint density at radius 1 is 1.16 bits per heavy atom. The van der Waals surface area contributed by atoms with Gasteiger partial charge in [0.1, 0.15) is 5.82 Å². The fourth-order valence-electron chi connectivity index (χ4n) is 2.91. The third-order valence-corrected chi connectivity index (χ3v) is 3.87. The Labute approximate surface area is 111 Å². The van der Waals surface area contributed by atoms with Crippen LogP contribution in [0.15, 0.2) is 42.6 Å². The summed E-state index contributed by atoms with van der Waals surface area (Å²) < 4.78 is 13.0. The van der Waals surface area contributed by atoms with Gasteiger partial charge in [-0.25, -0.2) is 4.39 Å². The Bertz CT molecular complexity index is 646. The maximum absolute atomic E-state index is 13.0. The molecule has 0 saturated heterocycles. The number of halogens is 1. The minimum atomic E-state index is -0.547. The van der Waals surface area contributed by atoms with Crippen LogP contribution in [-0.4, -0.2) is 10.8 Å². The summed E-state index contributed by atoms with van der Waals surface area (Å²) >= 11 is 0. The van der Waals surface area contributed by atoms with E-state index in [2.05, 4.69) is 4.98 Å². The number of Topliss-reactive ketones (excluding diaryl/α,β-unsaturated/α-hetero) is 1. The number of carbonyl (C=O) groups is 1. The number of hydrogen-bond donors (Lipinski definition) is 0. The molecule has 0 amide bonds. The highest BCUT2D eigenvalue weighted by Gasteiger charge is 2.47. The molecule has 3 rings (SSSR count). The highest BCUT2D eigenvalue weighted by atomic mass is 19.1. The van der Waals surface area contributed by atoms with Crippen LogP contribution in [0.2, 0.25) is 0 Å². The average Bonchev–Trinajstić information content (AvgIpc) is 2.60. The molecule has 19 heavy (non-hydrogen) atoms. The van der Waals surface area contributed by atoms with E-state index in [-0.39, 0.29) is 17.5 Å². The van der Waals surface area contributed by atoms with Crippen molar-refractivity contribution in [2.24, 2.45) is 5.41 Å². The van der Waals surface area contributed by atoms with E-state index in [0.717, 1.165) is 16.8 Å². The minimum Gasteiger partial charge on any atom is -0.294 e. The summed E-state index contributed by atoms with van der Waals surface area (Å²) in [6.07, 6.45) is 1.21. The predicted octanol–water partition coefficient (Wildman–Crippen LogP) is 3.58. The van der Waals surface area contributed by atoms with Crippen LogP contribution in [0.1, 0.15) is 41.4 Å². The lowest BCUT2D eigenvalue weighted by molar-refractivity contribution is 0.0846. The lowest BCUT2D eigenvalue weighted by Crippen LogP contribution is -2.25. The van der Waals surface area contributed by atoms with Gasteiger partial charge in [0.2, 0.25) is 0 Å². The third kappa shape index (κ3) is 1.69. The van der Waals surface area contributed by atoms with Crippen LogP contribution < -0.4 is 0 Å². The van der Waals surface area contributed by atoms with E-state index in [4.69, 9.17) is 0 Å². The quantitative estimate of drug-likeness (QED) is 0.779. The Morgan fingerprint density at radius 2 is 1.89 bits per heavy atom. The van der Waals surface area contributed by atoms with Gasteiger partial charge >= 0.3 is 0 Å². The number of fused-ring (bicyclic) bond motifs is 1. The van der Waals surface area contributed by atoms with Crippen molar-refractivity contribution >= 4 is 5.78 Å². The van der Waals surface area contributed by atoms with Gasteiger partial charge in [-0.2, -0.15) is 0 Å². The highest BCUT2D eigenvalue weighted by molar-refractivity contribution is 6.06. The molecule has 2 aromatic rings. The van der Waals surface area contributed by atoms with E-state index in [0.29, 0.717) is 0 Å². The Morgan fingerprint density at radius 3 is 2.58 bits per heavy atom. The molecule has 0 radical (unpaired) electrons. The number of aromatic nitrogens is 1. The van der Waals surface area contributed by atoms with E-state index < -0.39 is 5.41 Å². The van der Waals surface area contributed by atoms with E-state index in [1.807, 2.05) is 38.1 Å². The molecular formula is C16H14FNO. The van der Waals surface area contributed by atoms with Gasteiger partial charge in [-0.15, -0.1) is 0 Å². The van der Waals surface area contributed by atoms with Gasteiger partial charge in [0.15, 0.2) is 5.78 Å². The molecule has 1 aromatic carbocycles. The number of ketones is 1. The first kappa shape index (κ1) is 12.0.